The van der Waals surface area contributed by atoms with Crippen molar-refractivity contribution < 1.29 is 4.79 Å². The Morgan fingerprint density at radius 3 is 2.55 bits per heavy atom. The highest BCUT2D eigenvalue weighted by Crippen LogP contribution is 2.04. The van der Waals surface area contributed by atoms with E-state index in [2.05, 4.69) is 13.2 Å². The molecule has 60 valence electrons. The van der Waals surface area contributed by atoms with E-state index in [9.17, 15) is 4.79 Å². The summed E-state index contributed by atoms with van der Waals surface area (Å²) in [4.78, 5) is 10.7. The Balaban J connectivity index is 3.62. The van der Waals surface area contributed by atoms with Gasteiger partial charge in [-0.15, -0.1) is 0 Å². The maximum atomic E-state index is 10.7. The second-order valence-corrected chi connectivity index (χ2v) is 2.33. The Morgan fingerprint density at radius 2 is 2.09 bits per heavy atom. The SMILES string of the molecule is C=CC(=O)CCC(=C)C=CC. The molecule has 0 N–H and O–H groups in total. The fraction of sp³-hybridized carbons (Fsp3) is 0.300. The Kier molecular flexibility index (Phi) is 5.09. The van der Waals surface area contributed by atoms with Crippen LogP contribution in [0, 0.1) is 0 Å². The minimum atomic E-state index is 0.0793. The van der Waals surface area contributed by atoms with Crippen molar-refractivity contribution in [3.63, 3.8) is 0 Å². The van der Waals surface area contributed by atoms with Gasteiger partial charge in [0.15, 0.2) is 5.78 Å². The smallest absolute Gasteiger partial charge is 0.155 e. The van der Waals surface area contributed by atoms with E-state index in [0.717, 1.165) is 12.0 Å². The summed E-state index contributed by atoms with van der Waals surface area (Å²) in [6.07, 6.45) is 6.43. The average molecular weight is 150 g/mol. The van der Waals surface area contributed by atoms with Crippen LogP contribution in [-0.4, -0.2) is 5.78 Å². The van der Waals surface area contributed by atoms with Crippen molar-refractivity contribution in [2.75, 3.05) is 0 Å². The van der Waals surface area contributed by atoms with Gasteiger partial charge in [0.1, 0.15) is 0 Å². The van der Waals surface area contributed by atoms with Crippen molar-refractivity contribution in [3.8, 4) is 0 Å². The zero-order valence-corrected chi connectivity index (χ0v) is 6.97. The van der Waals surface area contributed by atoms with Crippen molar-refractivity contribution >= 4 is 5.78 Å². The van der Waals surface area contributed by atoms with E-state index in [1.165, 1.54) is 6.08 Å². The van der Waals surface area contributed by atoms with Crippen LogP contribution in [0.15, 0.2) is 37.0 Å². The predicted octanol–water partition coefficient (Wildman–Crippen LogP) is 2.65. The molecule has 0 heterocycles. The summed E-state index contributed by atoms with van der Waals surface area (Å²) in [5.74, 6) is 0.0793. The summed E-state index contributed by atoms with van der Waals surface area (Å²) in [5, 5.41) is 0. The Bertz CT molecular complexity index is 187. The van der Waals surface area contributed by atoms with Crippen molar-refractivity contribution in [1.82, 2.24) is 0 Å². The van der Waals surface area contributed by atoms with E-state index in [1.807, 2.05) is 19.1 Å². The third-order valence-electron chi connectivity index (χ3n) is 1.32. The molecular formula is C10H14O. The number of hydrogen-bond donors (Lipinski definition) is 0. The standard InChI is InChI=1S/C10H14O/c1-4-6-9(3)7-8-10(11)5-2/h4-6H,2-3,7-8H2,1H3. The van der Waals surface area contributed by atoms with Gasteiger partial charge in [-0.2, -0.15) is 0 Å². The molecule has 0 aliphatic rings. The molecule has 11 heavy (non-hydrogen) atoms. The third kappa shape index (κ3) is 5.34. The molecule has 0 unspecified atom stereocenters. The Labute approximate surface area is 68.1 Å². The molecule has 0 aromatic carbocycles. The van der Waals surface area contributed by atoms with Crippen LogP contribution in [0.1, 0.15) is 19.8 Å². The molecule has 0 bridgehead atoms. The van der Waals surface area contributed by atoms with Gasteiger partial charge in [-0.1, -0.05) is 30.9 Å². The number of carbonyl (C=O) groups excluding carboxylic acids is 1. The summed E-state index contributed by atoms with van der Waals surface area (Å²) in [6, 6.07) is 0. The largest absolute Gasteiger partial charge is 0.295 e. The maximum Gasteiger partial charge on any atom is 0.155 e. The number of rotatable bonds is 5. The first-order valence-corrected chi connectivity index (χ1v) is 3.66. The van der Waals surface area contributed by atoms with E-state index in [0.29, 0.717) is 6.42 Å². The van der Waals surface area contributed by atoms with E-state index in [-0.39, 0.29) is 5.78 Å². The fourth-order valence-electron chi connectivity index (χ4n) is 0.705. The molecule has 0 aromatic rings. The topological polar surface area (TPSA) is 17.1 Å². The number of allylic oxidation sites excluding steroid dienone is 4. The highest BCUT2D eigenvalue weighted by Gasteiger charge is 1.95. The third-order valence-corrected chi connectivity index (χ3v) is 1.32. The number of ketones is 1. The van der Waals surface area contributed by atoms with Crippen molar-refractivity contribution in [1.29, 1.82) is 0 Å². The van der Waals surface area contributed by atoms with Gasteiger partial charge < -0.3 is 0 Å². The highest BCUT2D eigenvalue weighted by molar-refractivity contribution is 5.89. The Morgan fingerprint density at radius 1 is 1.45 bits per heavy atom. The lowest BCUT2D eigenvalue weighted by molar-refractivity contribution is -0.114. The van der Waals surface area contributed by atoms with Crippen molar-refractivity contribution in [3.05, 3.63) is 37.0 Å². The van der Waals surface area contributed by atoms with Crippen LogP contribution in [0.4, 0.5) is 0 Å². The molecule has 0 saturated carbocycles. The molecule has 0 fully saturated rings. The minimum absolute atomic E-state index is 0.0793. The van der Waals surface area contributed by atoms with E-state index >= 15 is 0 Å². The van der Waals surface area contributed by atoms with Gasteiger partial charge in [-0.05, 0) is 19.4 Å². The lowest BCUT2D eigenvalue weighted by atomic mass is 10.1. The van der Waals surface area contributed by atoms with E-state index < -0.39 is 0 Å². The van der Waals surface area contributed by atoms with Gasteiger partial charge in [-0.3, -0.25) is 4.79 Å². The molecule has 0 aliphatic carbocycles. The van der Waals surface area contributed by atoms with Gasteiger partial charge in [0.25, 0.3) is 0 Å². The first-order chi connectivity index (χ1) is 5.20. The van der Waals surface area contributed by atoms with Gasteiger partial charge in [0.2, 0.25) is 0 Å². The molecule has 0 spiro atoms. The fourth-order valence-corrected chi connectivity index (χ4v) is 0.705. The van der Waals surface area contributed by atoms with Crippen molar-refractivity contribution in [2.45, 2.75) is 19.8 Å². The van der Waals surface area contributed by atoms with Crippen molar-refractivity contribution in [2.24, 2.45) is 0 Å². The normalized spacial score (nSPS) is 9.91. The monoisotopic (exact) mass is 150 g/mol. The van der Waals surface area contributed by atoms with Gasteiger partial charge in [0, 0.05) is 6.42 Å². The number of carbonyl (C=O) groups is 1. The quantitative estimate of drug-likeness (QED) is 0.435. The molecule has 0 amide bonds. The van der Waals surface area contributed by atoms with Crippen LogP contribution in [0.3, 0.4) is 0 Å². The van der Waals surface area contributed by atoms with Crippen LogP contribution >= 0.6 is 0 Å². The van der Waals surface area contributed by atoms with Crippen LogP contribution in [0.2, 0.25) is 0 Å². The van der Waals surface area contributed by atoms with Crippen LogP contribution in [0.5, 0.6) is 0 Å². The molecule has 0 atom stereocenters. The second-order valence-electron chi connectivity index (χ2n) is 2.33. The van der Waals surface area contributed by atoms with Gasteiger partial charge in [0.05, 0.1) is 0 Å². The predicted molar refractivity (Wildman–Crippen MR) is 48.4 cm³/mol. The zero-order valence-electron chi connectivity index (χ0n) is 6.97. The zero-order chi connectivity index (χ0) is 8.69. The van der Waals surface area contributed by atoms with Crippen LogP contribution < -0.4 is 0 Å². The molecule has 1 heteroatoms. The average Bonchev–Trinajstić information content (AvgIpc) is 2.01. The van der Waals surface area contributed by atoms with Gasteiger partial charge >= 0.3 is 0 Å². The molecule has 0 rings (SSSR count). The lowest BCUT2D eigenvalue weighted by Gasteiger charge is -1.95. The molecule has 0 aromatic heterocycles. The Hall–Kier alpha value is -1.11. The first kappa shape index (κ1) is 9.89. The minimum Gasteiger partial charge on any atom is -0.295 e. The first-order valence-electron chi connectivity index (χ1n) is 3.66. The summed E-state index contributed by atoms with van der Waals surface area (Å²) in [7, 11) is 0. The molecule has 0 radical (unpaired) electrons. The summed E-state index contributed by atoms with van der Waals surface area (Å²) >= 11 is 0. The number of hydrogen-bond acceptors (Lipinski definition) is 1. The summed E-state index contributed by atoms with van der Waals surface area (Å²) < 4.78 is 0. The van der Waals surface area contributed by atoms with Gasteiger partial charge in [-0.25, -0.2) is 0 Å². The molecule has 0 aliphatic heterocycles. The maximum absolute atomic E-state index is 10.7. The molecule has 1 nitrogen and oxygen atoms in total. The summed E-state index contributed by atoms with van der Waals surface area (Å²) in [5.41, 5.74) is 0.989. The van der Waals surface area contributed by atoms with Crippen LogP contribution in [0.25, 0.3) is 0 Å². The van der Waals surface area contributed by atoms with Crippen LogP contribution in [-0.2, 0) is 4.79 Å². The lowest BCUT2D eigenvalue weighted by Crippen LogP contribution is -1.91. The highest BCUT2D eigenvalue weighted by atomic mass is 16.1. The molecule has 0 saturated heterocycles. The molecular weight excluding hydrogens is 136 g/mol. The van der Waals surface area contributed by atoms with E-state index in [1.54, 1.807) is 0 Å². The summed E-state index contributed by atoms with van der Waals surface area (Å²) in [6.45, 7) is 9.10. The second kappa shape index (κ2) is 5.66. The van der Waals surface area contributed by atoms with E-state index in [4.69, 9.17) is 0 Å².